The molecule has 0 aliphatic carbocycles. The van der Waals surface area contributed by atoms with Crippen molar-refractivity contribution < 1.29 is 9.53 Å². The third-order valence-electron chi connectivity index (χ3n) is 5.34. The van der Waals surface area contributed by atoms with Crippen molar-refractivity contribution in [3.05, 3.63) is 65.5 Å². The van der Waals surface area contributed by atoms with Gasteiger partial charge in [0.1, 0.15) is 5.75 Å². The van der Waals surface area contributed by atoms with E-state index in [1.807, 2.05) is 72.4 Å². The van der Waals surface area contributed by atoms with E-state index in [1.165, 1.54) is 0 Å². The average molecular weight is 406 g/mol. The SMILES string of the molecule is COc1ccc(C2CCCN2C(=O)c2cccc(-n3nnnc3CN(C)C)c2)cc1. The molecule has 30 heavy (non-hydrogen) atoms. The van der Waals surface area contributed by atoms with Crippen LogP contribution >= 0.6 is 0 Å². The summed E-state index contributed by atoms with van der Waals surface area (Å²) in [6, 6.07) is 15.6. The number of methoxy groups -OCH3 is 1. The highest BCUT2D eigenvalue weighted by atomic mass is 16.5. The van der Waals surface area contributed by atoms with Crippen LogP contribution in [0.2, 0.25) is 0 Å². The lowest BCUT2D eigenvalue weighted by Gasteiger charge is -2.25. The lowest BCUT2D eigenvalue weighted by atomic mass is 10.0. The van der Waals surface area contributed by atoms with Crippen molar-refractivity contribution in [3.8, 4) is 11.4 Å². The molecule has 1 aliphatic heterocycles. The van der Waals surface area contributed by atoms with Crippen molar-refractivity contribution >= 4 is 5.91 Å². The average Bonchev–Trinajstić information content (AvgIpc) is 3.43. The maximum Gasteiger partial charge on any atom is 0.254 e. The number of benzene rings is 2. The molecule has 0 spiro atoms. The van der Waals surface area contributed by atoms with E-state index in [-0.39, 0.29) is 11.9 Å². The molecule has 2 aromatic carbocycles. The van der Waals surface area contributed by atoms with Gasteiger partial charge in [-0.15, -0.1) is 5.10 Å². The van der Waals surface area contributed by atoms with Gasteiger partial charge in [-0.05, 0) is 73.3 Å². The molecule has 3 aromatic rings. The van der Waals surface area contributed by atoms with Crippen molar-refractivity contribution in [3.63, 3.8) is 0 Å². The fraction of sp³-hybridized carbons (Fsp3) is 0.364. The summed E-state index contributed by atoms with van der Waals surface area (Å²) < 4.78 is 6.94. The third kappa shape index (κ3) is 4.04. The number of likely N-dealkylation sites (tertiary alicyclic amines) is 1. The lowest BCUT2D eigenvalue weighted by Crippen LogP contribution is -2.30. The van der Waals surface area contributed by atoms with Gasteiger partial charge in [0.15, 0.2) is 5.82 Å². The zero-order chi connectivity index (χ0) is 21.1. The quantitative estimate of drug-likeness (QED) is 0.627. The van der Waals surface area contributed by atoms with Gasteiger partial charge in [-0.2, -0.15) is 4.68 Å². The van der Waals surface area contributed by atoms with Crippen molar-refractivity contribution in [2.45, 2.75) is 25.4 Å². The second-order valence-corrected chi connectivity index (χ2v) is 7.72. The molecule has 0 bridgehead atoms. The number of hydrogen-bond acceptors (Lipinski definition) is 6. The Balaban J connectivity index is 1.59. The Kier molecular flexibility index (Phi) is 5.76. The maximum absolute atomic E-state index is 13.4. The Bertz CT molecular complexity index is 1010. The van der Waals surface area contributed by atoms with Gasteiger partial charge >= 0.3 is 0 Å². The normalized spacial score (nSPS) is 16.3. The van der Waals surface area contributed by atoms with Gasteiger partial charge in [0.2, 0.25) is 0 Å². The first-order chi connectivity index (χ1) is 14.6. The molecule has 1 aromatic heterocycles. The number of carbonyl (C=O) groups excluding carboxylic acids is 1. The first kappa shape index (κ1) is 20.0. The van der Waals surface area contributed by atoms with Crippen LogP contribution in [0.1, 0.15) is 40.6 Å². The first-order valence-corrected chi connectivity index (χ1v) is 10.0. The number of tetrazole rings is 1. The fourth-order valence-electron chi connectivity index (χ4n) is 3.91. The largest absolute Gasteiger partial charge is 0.497 e. The molecule has 1 aliphatic rings. The molecule has 156 valence electrons. The van der Waals surface area contributed by atoms with E-state index in [4.69, 9.17) is 4.74 Å². The van der Waals surface area contributed by atoms with E-state index in [9.17, 15) is 4.79 Å². The Morgan fingerprint density at radius 2 is 2.00 bits per heavy atom. The summed E-state index contributed by atoms with van der Waals surface area (Å²) in [6.45, 7) is 1.35. The van der Waals surface area contributed by atoms with Gasteiger partial charge in [-0.25, -0.2) is 0 Å². The summed E-state index contributed by atoms with van der Waals surface area (Å²) in [5.41, 5.74) is 2.55. The van der Waals surface area contributed by atoms with E-state index in [2.05, 4.69) is 15.5 Å². The van der Waals surface area contributed by atoms with Gasteiger partial charge < -0.3 is 14.5 Å². The highest BCUT2D eigenvalue weighted by Crippen LogP contribution is 2.34. The monoisotopic (exact) mass is 406 g/mol. The summed E-state index contributed by atoms with van der Waals surface area (Å²) in [5, 5.41) is 12.0. The van der Waals surface area contributed by atoms with Crippen molar-refractivity contribution in [1.29, 1.82) is 0 Å². The smallest absolute Gasteiger partial charge is 0.254 e. The number of hydrogen-bond donors (Lipinski definition) is 0. The second kappa shape index (κ2) is 8.62. The van der Waals surface area contributed by atoms with E-state index in [1.54, 1.807) is 11.8 Å². The molecular formula is C22H26N6O2. The van der Waals surface area contributed by atoms with Crippen molar-refractivity contribution in [2.75, 3.05) is 27.7 Å². The molecule has 4 rings (SSSR count). The van der Waals surface area contributed by atoms with Crippen LogP contribution in [0.25, 0.3) is 5.69 Å². The molecule has 0 N–H and O–H groups in total. The third-order valence-corrected chi connectivity index (χ3v) is 5.34. The number of amides is 1. The number of ether oxygens (including phenoxy) is 1. The van der Waals surface area contributed by atoms with Crippen LogP contribution < -0.4 is 4.74 Å². The Morgan fingerprint density at radius 3 is 2.73 bits per heavy atom. The maximum atomic E-state index is 13.4. The number of aromatic nitrogens is 4. The van der Waals surface area contributed by atoms with E-state index in [0.29, 0.717) is 12.1 Å². The molecule has 1 fully saturated rings. The minimum atomic E-state index is 0.0254. The van der Waals surface area contributed by atoms with Gasteiger partial charge in [0.05, 0.1) is 25.4 Å². The molecule has 0 radical (unpaired) electrons. The standard InChI is InChI=1S/C22H26N6O2/c1-26(2)15-21-23-24-25-28(21)18-7-4-6-17(14-18)22(29)27-13-5-8-20(27)16-9-11-19(30-3)12-10-16/h4,6-7,9-12,14,20H,5,8,13,15H2,1-3H3. The Hall–Kier alpha value is -3.26. The van der Waals surface area contributed by atoms with Gasteiger partial charge in [0, 0.05) is 12.1 Å². The highest BCUT2D eigenvalue weighted by molar-refractivity contribution is 5.95. The zero-order valence-electron chi connectivity index (χ0n) is 17.5. The predicted octanol–water partition coefficient (Wildman–Crippen LogP) is 2.71. The number of carbonyl (C=O) groups is 1. The van der Waals surface area contributed by atoms with E-state index >= 15 is 0 Å². The first-order valence-electron chi connectivity index (χ1n) is 10.0. The molecule has 0 saturated carbocycles. The lowest BCUT2D eigenvalue weighted by molar-refractivity contribution is 0.0735. The molecule has 1 amide bonds. The Labute approximate surface area is 176 Å². The minimum Gasteiger partial charge on any atom is -0.497 e. The van der Waals surface area contributed by atoms with Crippen molar-refractivity contribution in [1.82, 2.24) is 30.0 Å². The molecule has 8 nitrogen and oxygen atoms in total. The molecule has 2 heterocycles. The Morgan fingerprint density at radius 1 is 1.20 bits per heavy atom. The molecule has 8 heteroatoms. The number of rotatable bonds is 6. The van der Waals surface area contributed by atoms with E-state index in [0.717, 1.165) is 42.2 Å². The minimum absolute atomic E-state index is 0.0254. The van der Waals surface area contributed by atoms with Gasteiger partial charge in [-0.1, -0.05) is 18.2 Å². The molecule has 1 atom stereocenters. The van der Waals surface area contributed by atoms with Crippen LogP contribution in [0.5, 0.6) is 5.75 Å². The summed E-state index contributed by atoms with van der Waals surface area (Å²) >= 11 is 0. The molecular weight excluding hydrogens is 380 g/mol. The van der Waals surface area contributed by atoms with E-state index < -0.39 is 0 Å². The van der Waals surface area contributed by atoms with Crippen LogP contribution in [0, 0.1) is 0 Å². The fourth-order valence-corrected chi connectivity index (χ4v) is 3.91. The van der Waals surface area contributed by atoms with Crippen LogP contribution in [-0.2, 0) is 6.54 Å². The van der Waals surface area contributed by atoms with Crippen LogP contribution in [-0.4, -0.2) is 63.7 Å². The van der Waals surface area contributed by atoms with Gasteiger partial charge in [-0.3, -0.25) is 4.79 Å². The van der Waals surface area contributed by atoms with Crippen LogP contribution in [0.3, 0.4) is 0 Å². The van der Waals surface area contributed by atoms with Gasteiger partial charge in [0.25, 0.3) is 5.91 Å². The summed E-state index contributed by atoms with van der Waals surface area (Å²) in [4.78, 5) is 17.3. The molecule has 1 saturated heterocycles. The summed E-state index contributed by atoms with van der Waals surface area (Å²) in [6.07, 6.45) is 1.94. The topological polar surface area (TPSA) is 76.4 Å². The second-order valence-electron chi connectivity index (χ2n) is 7.72. The zero-order valence-corrected chi connectivity index (χ0v) is 17.5. The summed E-state index contributed by atoms with van der Waals surface area (Å²) in [7, 11) is 5.58. The highest BCUT2D eigenvalue weighted by Gasteiger charge is 2.30. The summed E-state index contributed by atoms with van der Waals surface area (Å²) in [5.74, 6) is 1.57. The van der Waals surface area contributed by atoms with Crippen molar-refractivity contribution in [2.24, 2.45) is 0 Å². The molecule has 1 unspecified atom stereocenters. The van der Waals surface area contributed by atoms with Crippen LogP contribution in [0.15, 0.2) is 48.5 Å². The number of nitrogens with zero attached hydrogens (tertiary/aromatic N) is 6. The van der Waals surface area contributed by atoms with Crippen LogP contribution in [0.4, 0.5) is 0 Å². The predicted molar refractivity (Wildman–Crippen MR) is 113 cm³/mol.